The molecule has 138 valence electrons. The van der Waals surface area contributed by atoms with Gasteiger partial charge in [0.05, 0.1) is 36.8 Å². The number of carbonyl (C=O) groups is 3. The van der Waals surface area contributed by atoms with Crippen molar-refractivity contribution >= 4 is 34.9 Å². The maximum Gasteiger partial charge on any atom is 0.229 e. The average molecular weight is 379 g/mol. The second-order valence-electron chi connectivity index (χ2n) is 6.18. The van der Waals surface area contributed by atoms with Gasteiger partial charge in [-0.3, -0.25) is 14.4 Å². The predicted molar refractivity (Wildman–Crippen MR) is 95.2 cm³/mol. The van der Waals surface area contributed by atoms with Gasteiger partial charge in [-0.1, -0.05) is 17.7 Å². The summed E-state index contributed by atoms with van der Waals surface area (Å²) in [6, 6.07) is 3.07. The molecule has 2 N–H and O–H groups in total. The monoisotopic (exact) mass is 378 g/mol. The van der Waals surface area contributed by atoms with Crippen molar-refractivity contribution < 1.29 is 23.9 Å². The van der Waals surface area contributed by atoms with E-state index in [1.807, 2.05) is 6.08 Å². The molecule has 3 rings (SSSR count). The fourth-order valence-electron chi connectivity index (χ4n) is 3.35. The standard InChI is InChI=1S/C18H19ClN2O5/c1-25-14-8-12(15(26-2)7-10(14)19)21-18(24)9-6-16(23)20-11-4-3-5-13(22)17(9)11/h4,7-9,17H,3,5-6H2,1-2H3,(H,20,23)(H,21,24)/t9-,17-/m1/s1. The number of allylic oxidation sites excluding steroid dienone is 2. The first-order valence-corrected chi connectivity index (χ1v) is 8.57. The summed E-state index contributed by atoms with van der Waals surface area (Å²) < 4.78 is 10.4. The number of methoxy groups -OCH3 is 2. The Morgan fingerprint density at radius 2 is 1.96 bits per heavy atom. The third kappa shape index (κ3) is 3.39. The minimum absolute atomic E-state index is 0.0386. The SMILES string of the molecule is COc1cc(NC(=O)[C@@H]2CC(=O)NC3=CCCC(=O)[C@@H]32)c(OC)cc1Cl. The molecule has 26 heavy (non-hydrogen) atoms. The molecule has 0 saturated carbocycles. The third-order valence-corrected chi connectivity index (χ3v) is 4.89. The predicted octanol–water partition coefficient (Wildman–Crippen LogP) is 2.29. The highest BCUT2D eigenvalue weighted by atomic mass is 35.5. The number of benzene rings is 1. The summed E-state index contributed by atoms with van der Waals surface area (Å²) in [5.41, 5.74) is 0.886. The number of rotatable bonds is 4. The van der Waals surface area contributed by atoms with Crippen molar-refractivity contribution in [3.63, 3.8) is 0 Å². The van der Waals surface area contributed by atoms with Crippen LogP contribution in [0.5, 0.6) is 11.5 Å². The Bertz CT molecular complexity index is 805. The van der Waals surface area contributed by atoms with Crippen molar-refractivity contribution in [2.45, 2.75) is 19.3 Å². The van der Waals surface area contributed by atoms with Gasteiger partial charge in [-0.15, -0.1) is 0 Å². The van der Waals surface area contributed by atoms with Gasteiger partial charge in [-0.25, -0.2) is 0 Å². The van der Waals surface area contributed by atoms with E-state index in [-0.39, 0.29) is 18.1 Å². The summed E-state index contributed by atoms with van der Waals surface area (Å²) >= 11 is 6.07. The lowest BCUT2D eigenvalue weighted by molar-refractivity contribution is -0.135. The second kappa shape index (κ2) is 7.37. The van der Waals surface area contributed by atoms with Gasteiger partial charge in [0.15, 0.2) is 0 Å². The normalized spacial score (nSPS) is 22.0. The summed E-state index contributed by atoms with van der Waals surface area (Å²) in [4.78, 5) is 37.2. The molecule has 2 amide bonds. The van der Waals surface area contributed by atoms with Gasteiger partial charge in [-0.05, 0) is 6.42 Å². The quantitative estimate of drug-likeness (QED) is 0.838. The van der Waals surface area contributed by atoms with Crippen LogP contribution in [0.4, 0.5) is 5.69 Å². The molecule has 1 aliphatic carbocycles. The van der Waals surface area contributed by atoms with E-state index in [0.717, 1.165) is 0 Å². The van der Waals surface area contributed by atoms with E-state index in [1.165, 1.54) is 20.3 Å². The number of amides is 2. The van der Waals surface area contributed by atoms with Gasteiger partial charge in [-0.2, -0.15) is 0 Å². The van der Waals surface area contributed by atoms with Crippen LogP contribution >= 0.6 is 11.6 Å². The number of anilines is 1. The number of fused-ring (bicyclic) bond motifs is 1. The summed E-state index contributed by atoms with van der Waals surface area (Å²) in [5, 5.41) is 5.79. The number of halogens is 1. The van der Waals surface area contributed by atoms with Crippen LogP contribution in [0.3, 0.4) is 0 Å². The fraction of sp³-hybridized carbons (Fsp3) is 0.389. The Balaban J connectivity index is 1.89. The lowest BCUT2D eigenvalue weighted by atomic mass is 9.76. The molecule has 1 aromatic carbocycles. The number of piperidine rings is 1. The van der Waals surface area contributed by atoms with Crippen LogP contribution in [-0.2, 0) is 14.4 Å². The van der Waals surface area contributed by atoms with E-state index >= 15 is 0 Å². The molecule has 0 aromatic heterocycles. The minimum Gasteiger partial charge on any atom is -0.495 e. The first-order valence-electron chi connectivity index (χ1n) is 8.19. The smallest absolute Gasteiger partial charge is 0.229 e. The molecule has 2 aliphatic rings. The molecule has 1 aliphatic heterocycles. The number of carbonyl (C=O) groups excluding carboxylic acids is 3. The number of ether oxygens (including phenoxy) is 2. The topological polar surface area (TPSA) is 93.7 Å². The highest BCUT2D eigenvalue weighted by molar-refractivity contribution is 6.32. The number of hydrogen-bond donors (Lipinski definition) is 2. The molecule has 8 heteroatoms. The van der Waals surface area contributed by atoms with Crippen molar-refractivity contribution in [2.24, 2.45) is 11.8 Å². The Morgan fingerprint density at radius 3 is 2.65 bits per heavy atom. The van der Waals surface area contributed by atoms with E-state index in [0.29, 0.717) is 40.7 Å². The van der Waals surface area contributed by atoms with Crippen LogP contribution in [0.25, 0.3) is 0 Å². The van der Waals surface area contributed by atoms with Gasteiger partial charge in [0.1, 0.15) is 17.3 Å². The molecule has 2 atom stereocenters. The Labute approximate surface area is 155 Å². The zero-order valence-corrected chi connectivity index (χ0v) is 15.2. The number of hydrogen-bond acceptors (Lipinski definition) is 5. The molecular formula is C18H19ClN2O5. The lowest BCUT2D eigenvalue weighted by Crippen LogP contribution is -2.47. The Hall–Kier alpha value is -2.54. The van der Waals surface area contributed by atoms with E-state index in [4.69, 9.17) is 21.1 Å². The number of ketones is 1. The highest BCUT2D eigenvalue weighted by Crippen LogP contribution is 2.38. The summed E-state index contributed by atoms with van der Waals surface area (Å²) in [6.07, 6.45) is 2.70. The van der Waals surface area contributed by atoms with Crippen molar-refractivity contribution in [2.75, 3.05) is 19.5 Å². The average Bonchev–Trinajstić information content (AvgIpc) is 2.62. The van der Waals surface area contributed by atoms with Crippen molar-refractivity contribution in [1.82, 2.24) is 5.32 Å². The van der Waals surface area contributed by atoms with Crippen LogP contribution < -0.4 is 20.1 Å². The zero-order chi connectivity index (χ0) is 18.8. The zero-order valence-electron chi connectivity index (χ0n) is 14.4. The van der Waals surface area contributed by atoms with Gasteiger partial charge in [0.25, 0.3) is 0 Å². The van der Waals surface area contributed by atoms with Crippen LogP contribution in [0, 0.1) is 11.8 Å². The molecule has 0 spiro atoms. The molecule has 0 unspecified atom stereocenters. The molecule has 1 fully saturated rings. The van der Waals surface area contributed by atoms with E-state index in [9.17, 15) is 14.4 Å². The van der Waals surface area contributed by atoms with Gasteiger partial charge < -0.3 is 20.1 Å². The molecule has 1 aromatic rings. The van der Waals surface area contributed by atoms with Crippen molar-refractivity contribution in [1.29, 1.82) is 0 Å². The van der Waals surface area contributed by atoms with Gasteiger partial charge >= 0.3 is 0 Å². The summed E-state index contributed by atoms with van der Waals surface area (Å²) in [6.45, 7) is 0. The number of nitrogens with one attached hydrogen (secondary N) is 2. The van der Waals surface area contributed by atoms with Gasteiger partial charge in [0.2, 0.25) is 11.8 Å². The van der Waals surface area contributed by atoms with Gasteiger partial charge in [0, 0.05) is 30.7 Å². The lowest BCUT2D eigenvalue weighted by Gasteiger charge is -2.34. The van der Waals surface area contributed by atoms with Crippen LogP contribution in [0.2, 0.25) is 5.02 Å². The van der Waals surface area contributed by atoms with E-state index < -0.39 is 17.7 Å². The van der Waals surface area contributed by atoms with E-state index in [2.05, 4.69) is 10.6 Å². The Morgan fingerprint density at radius 1 is 1.23 bits per heavy atom. The van der Waals surface area contributed by atoms with Crippen molar-refractivity contribution in [3.05, 3.63) is 28.9 Å². The first kappa shape index (κ1) is 18.3. The Kier molecular flexibility index (Phi) is 5.18. The molecule has 1 heterocycles. The molecule has 0 bridgehead atoms. The van der Waals surface area contributed by atoms with Crippen LogP contribution in [0.15, 0.2) is 23.9 Å². The minimum atomic E-state index is -0.769. The number of Topliss-reactive ketones (excluding diaryl/α,β-unsaturated/α-hetero) is 1. The van der Waals surface area contributed by atoms with Crippen molar-refractivity contribution in [3.8, 4) is 11.5 Å². The second-order valence-corrected chi connectivity index (χ2v) is 6.58. The van der Waals surface area contributed by atoms with Crippen LogP contribution in [0.1, 0.15) is 19.3 Å². The maximum atomic E-state index is 12.9. The van der Waals surface area contributed by atoms with E-state index in [1.54, 1.807) is 6.07 Å². The summed E-state index contributed by atoms with van der Waals surface area (Å²) in [5.74, 6) is -1.40. The molecule has 1 saturated heterocycles. The molecule has 7 nitrogen and oxygen atoms in total. The first-order chi connectivity index (χ1) is 12.4. The highest BCUT2D eigenvalue weighted by Gasteiger charge is 2.42. The largest absolute Gasteiger partial charge is 0.495 e. The maximum absolute atomic E-state index is 12.9. The molecule has 0 radical (unpaired) electrons. The fourth-order valence-corrected chi connectivity index (χ4v) is 3.58. The summed E-state index contributed by atoms with van der Waals surface area (Å²) in [7, 11) is 2.91. The third-order valence-electron chi connectivity index (χ3n) is 4.60. The molecular weight excluding hydrogens is 360 g/mol. The van der Waals surface area contributed by atoms with Crippen LogP contribution in [-0.4, -0.2) is 31.8 Å².